The van der Waals surface area contributed by atoms with Crippen LogP contribution in [0.1, 0.15) is 51.4 Å². The molecular formula is C17H30N3O+. The Morgan fingerprint density at radius 2 is 1.57 bits per heavy atom. The van der Waals surface area contributed by atoms with Gasteiger partial charge in [0.2, 0.25) is 0 Å². The van der Waals surface area contributed by atoms with Crippen LogP contribution in [0, 0.1) is 23.7 Å². The summed E-state index contributed by atoms with van der Waals surface area (Å²) in [5.74, 6) is 3.37. The van der Waals surface area contributed by atoms with Crippen molar-refractivity contribution in [3.63, 3.8) is 0 Å². The first kappa shape index (κ1) is 13.9. The molecule has 118 valence electrons. The molecule has 0 spiro atoms. The van der Waals surface area contributed by atoms with Crippen molar-refractivity contribution in [2.75, 3.05) is 19.6 Å². The van der Waals surface area contributed by atoms with Crippen LogP contribution in [-0.4, -0.2) is 31.2 Å². The molecule has 4 nitrogen and oxygen atoms in total. The van der Waals surface area contributed by atoms with Crippen LogP contribution in [0.4, 0.5) is 4.79 Å². The van der Waals surface area contributed by atoms with Gasteiger partial charge in [-0.05, 0) is 62.2 Å². The van der Waals surface area contributed by atoms with Gasteiger partial charge in [-0.2, -0.15) is 0 Å². The predicted molar refractivity (Wildman–Crippen MR) is 81.8 cm³/mol. The molecule has 5 aliphatic rings. The van der Waals surface area contributed by atoms with E-state index in [0.29, 0.717) is 5.92 Å². The van der Waals surface area contributed by atoms with Crippen LogP contribution in [0.5, 0.6) is 0 Å². The number of urea groups is 1. The van der Waals surface area contributed by atoms with Gasteiger partial charge in [-0.25, -0.2) is 4.79 Å². The molecule has 4 bridgehead atoms. The first-order valence-corrected chi connectivity index (χ1v) is 9.08. The van der Waals surface area contributed by atoms with Crippen molar-refractivity contribution >= 4 is 6.03 Å². The summed E-state index contributed by atoms with van der Waals surface area (Å²) in [5, 5.41) is 8.95. The molecule has 4 heteroatoms. The molecule has 4 aliphatic carbocycles. The average Bonchev–Trinajstić information content (AvgIpc) is 2.44. The molecule has 21 heavy (non-hydrogen) atoms. The maximum absolute atomic E-state index is 12.3. The largest absolute Gasteiger partial charge is 0.346 e. The Labute approximate surface area is 127 Å². The Balaban J connectivity index is 1.30. The molecule has 0 aromatic heterocycles. The van der Waals surface area contributed by atoms with Crippen molar-refractivity contribution in [3.8, 4) is 0 Å². The van der Waals surface area contributed by atoms with Crippen molar-refractivity contribution in [2.45, 2.75) is 56.9 Å². The fraction of sp³-hybridized carbons (Fsp3) is 0.941. The first-order chi connectivity index (χ1) is 10.2. The van der Waals surface area contributed by atoms with Gasteiger partial charge in [-0.15, -0.1) is 0 Å². The topological polar surface area (TPSA) is 57.7 Å². The van der Waals surface area contributed by atoms with Crippen LogP contribution in [-0.2, 0) is 0 Å². The molecule has 5 fully saturated rings. The highest BCUT2D eigenvalue weighted by atomic mass is 16.2. The van der Waals surface area contributed by atoms with Gasteiger partial charge >= 0.3 is 6.03 Å². The smallest absolute Gasteiger partial charge is 0.315 e. The Bertz CT molecular complexity index is 368. The third kappa shape index (κ3) is 2.92. The van der Waals surface area contributed by atoms with Crippen molar-refractivity contribution in [3.05, 3.63) is 0 Å². The number of nitrogens with two attached hydrogens (primary N) is 1. The minimum Gasteiger partial charge on any atom is -0.346 e. The number of piperidine rings is 1. The van der Waals surface area contributed by atoms with Crippen molar-refractivity contribution in [1.29, 1.82) is 0 Å². The molecule has 1 saturated heterocycles. The highest BCUT2D eigenvalue weighted by Gasteiger charge is 2.51. The van der Waals surface area contributed by atoms with Gasteiger partial charge in [0, 0.05) is 24.9 Å². The van der Waals surface area contributed by atoms with Crippen LogP contribution in [0.2, 0.25) is 0 Å². The Morgan fingerprint density at radius 3 is 2.14 bits per heavy atom. The summed E-state index contributed by atoms with van der Waals surface area (Å²) in [5.41, 5.74) is 0.152. The number of rotatable bonds is 3. The minimum absolute atomic E-state index is 0.103. The second-order valence-electron chi connectivity index (χ2n) is 8.34. The van der Waals surface area contributed by atoms with Crippen LogP contribution < -0.4 is 16.0 Å². The van der Waals surface area contributed by atoms with E-state index >= 15 is 0 Å². The van der Waals surface area contributed by atoms with Gasteiger partial charge in [0.25, 0.3) is 0 Å². The predicted octanol–water partition coefficient (Wildman–Crippen LogP) is 1.23. The van der Waals surface area contributed by atoms with Gasteiger partial charge in [-0.3, -0.25) is 0 Å². The normalized spacial score (nSPS) is 42.0. The van der Waals surface area contributed by atoms with E-state index in [0.717, 1.165) is 24.3 Å². The van der Waals surface area contributed by atoms with E-state index in [4.69, 9.17) is 0 Å². The van der Waals surface area contributed by atoms with E-state index in [1.165, 1.54) is 64.5 Å². The summed E-state index contributed by atoms with van der Waals surface area (Å²) < 4.78 is 0. The molecule has 5 rings (SSSR count). The third-order valence-electron chi connectivity index (χ3n) is 6.53. The molecule has 0 radical (unpaired) electrons. The lowest BCUT2D eigenvalue weighted by molar-refractivity contribution is -0.664. The zero-order chi connectivity index (χ0) is 14.3. The van der Waals surface area contributed by atoms with Gasteiger partial charge in [0.1, 0.15) is 0 Å². The maximum atomic E-state index is 12.3. The number of carbonyl (C=O) groups excluding carboxylic acids is 1. The molecule has 0 unspecified atom stereocenters. The highest BCUT2D eigenvalue weighted by molar-refractivity contribution is 5.74. The molecule has 1 heterocycles. The molecule has 0 atom stereocenters. The van der Waals surface area contributed by atoms with Crippen LogP contribution in [0.15, 0.2) is 0 Å². The summed E-state index contributed by atoms with van der Waals surface area (Å²) >= 11 is 0. The number of nitrogens with one attached hydrogen (secondary N) is 2. The number of hydrogen-bond acceptors (Lipinski definition) is 1. The van der Waals surface area contributed by atoms with Gasteiger partial charge in [0.15, 0.2) is 0 Å². The molecule has 2 amide bonds. The fourth-order valence-electron chi connectivity index (χ4n) is 5.99. The van der Waals surface area contributed by atoms with Crippen LogP contribution >= 0.6 is 0 Å². The fourth-order valence-corrected chi connectivity index (χ4v) is 5.99. The summed E-state index contributed by atoms with van der Waals surface area (Å²) in [6.07, 6.45) is 10.5. The molecule has 4 N–H and O–H groups in total. The summed E-state index contributed by atoms with van der Waals surface area (Å²) in [6.45, 7) is 3.32. The summed E-state index contributed by atoms with van der Waals surface area (Å²) in [7, 11) is 0. The van der Waals surface area contributed by atoms with E-state index in [1.54, 1.807) is 0 Å². The number of hydrogen-bond donors (Lipinski definition) is 3. The Hall–Kier alpha value is -0.770. The molecular weight excluding hydrogens is 262 g/mol. The van der Waals surface area contributed by atoms with Gasteiger partial charge < -0.3 is 16.0 Å². The molecule has 1 aliphatic heterocycles. The van der Waals surface area contributed by atoms with Crippen molar-refractivity contribution in [2.24, 2.45) is 23.7 Å². The summed E-state index contributed by atoms with van der Waals surface area (Å²) in [4.78, 5) is 12.3. The third-order valence-corrected chi connectivity index (χ3v) is 6.53. The summed E-state index contributed by atoms with van der Waals surface area (Å²) in [6, 6.07) is 0.103. The second-order valence-corrected chi connectivity index (χ2v) is 8.34. The molecule has 4 saturated carbocycles. The van der Waals surface area contributed by atoms with Crippen LogP contribution in [0.25, 0.3) is 0 Å². The van der Waals surface area contributed by atoms with Crippen LogP contribution in [0.3, 0.4) is 0 Å². The van der Waals surface area contributed by atoms with Gasteiger partial charge in [0.05, 0.1) is 13.1 Å². The lowest BCUT2D eigenvalue weighted by Crippen LogP contribution is -2.86. The number of amides is 2. The quantitative estimate of drug-likeness (QED) is 0.720. The zero-order valence-electron chi connectivity index (χ0n) is 13.1. The monoisotopic (exact) mass is 292 g/mol. The first-order valence-electron chi connectivity index (χ1n) is 9.08. The van der Waals surface area contributed by atoms with Gasteiger partial charge in [-0.1, -0.05) is 0 Å². The average molecular weight is 292 g/mol. The maximum Gasteiger partial charge on any atom is 0.315 e. The molecule has 0 aromatic rings. The van der Waals surface area contributed by atoms with E-state index in [-0.39, 0.29) is 11.6 Å². The number of carbonyl (C=O) groups is 1. The SMILES string of the molecule is O=C(NCC1CC[NH2+]CC1)NC12CC3CC(CC(C3)C1)C2. The highest BCUT2D eigenvalue weighted by Crippen LogP contribution is 2.55. The lowest BCUT2D eigenvalue weighted by Gasteiger charge is -2.56. The Morgan fingerprint density at radius 1 is 1.00 bits per heavy atom. The second kappa shape index (κ2) is 5.45. The van der Waals surface area contributed by atoms with Crippen molar-refractivity contribution in [1.82, 2.24) is 10.6 Å². The van der Waals surface area contributed by atoms with E-state index in [2.05, 4.69) is 16.0 Å². The molecule has 0 aromatic carbocycles. The zero-order valence-corrected chi connectivity index (χ0v) is 13.1. The Kier molecular flexibility index (Phi) is 3.60. The van der Waals surface area contributed by atoms with E-state index in [1.807, 2.05) is 0 Å². The standard InChI is InChI=1S/C17H29N3O/c21-16(19-11-12-1-3-18-4-2-12)20-17-8-13-5-14(9-17)7-15(6-13)10-17/h12-15,18H,1-11H2,(H2,19,20,21)/p+1. The minimum atomic E-state index is 0.103. The lowest BCUT2D eigenvalue weighted by atomic mass is 9.53. The number of quaternary nitrogens is 1. The van der Waals surface area contributed by atoms with E-state index in [9.17, 15) is 4.79 Å². The van der Waals surface area contributed by atoms with E-state index < -0.39 is 0 Å². The van der Waals surface area contributed by atoms with Crippen molar-refractivity contribution < 1.29 is 10.1 Å².